The number of carbonyl (C=O) groups is 2. The van der Waals surface area contributed by atoms with E-state index in [9.17, 15) is 9.59 Å². The van der Waals surface area contributed by atoms with Gasteiger partial charge in [-0.25, -0.2) is 10.6 Å². The van der Waals surface area contributed by atoms with E-state index in [2.05, 4.69) is 67.0 Å². The molecule has 0 aliphatic carbocycles. The maximum absolute atomic E-state index is 10.9. The molecule has 0 aromatic heterocycles. The second-order valence-corrected chi connectivity index (χ2v) is 6.47. The standard InChI is InChI=1S/C8H7IO2.C7H7IN2O.CH4.H4N2/c1-11-8(10)6-2-4-7(9)5-3-6;8-6-3-1-5(2-4-6)7(11)10-9;;1-2/h2-5H,1H3;1-4H,9H2,(H,10,11);1H4;1-2H2. The molecule has 9 heteroatoms. The van der Waals surface area contributed by atoms with Gasteiger partial charge in [0.1, 0.15) is 0 Å². The van der Waals surface area contributed by atoms with Crippen molar-refractivity contribution in [2.45, 2.75) is 7.43 Å². The van der Waals surface area contributed by atoms with E-state index in [0.717, 1.165) is 7.14 Å². The monoisotopic (exact) mass is 572 g/mol. The van der Waals surface area contributed by atoms with Crippen LogP contribution in [0.25, 0.3) is 0 Å². The Balaban J connectivity index is 0. The number of amides is 1. The number of carbonyl (C=O) groups excluding carboxylic acids is 2. The second-order valence-electron chi connectivity index (χ2n) is 3.98. The zero-order chi connectivity index (χ0) is 18.5. The minimum atomic E-state index is -0.290. The molecule has 0 fully saturated rings. The highest BCUT2D eigenvalue weighted by Crippen LogP contribution is 2.07. The van der Waals surface area contributed by atoms with E-state index in [-0.39, 0.29) is 19.3 Å². The number of nitrogens with two attached hydrogens (primary N) is 3. The summed E-state index contributed by atoms with van der Waals surface area (Å²) in [5.74, 6) is 12.4. The molecule has 0 unspecified atom stereocenters. The molecule has 2 aromatic carbocycles. The summed E-state index contributed by atoms with van der Waals surface area (Å²) >= 11 is 4.35. The fourth-order valence-electron chi connectivity index (χ4n) is 1.39. The van der Waals surface area contributed by atoms with E-state index >= 15 is 0 Å². The fraction of sp³-hybridized carbons (Fsp3) is 0.125. The Kier molecular flexibility index (Phi) is 15.6. The molecule has 138 valence electrons. The lowest BCUT2D eigenvalue weighted by Crippen LogP contribution is -2.29. The number of benzene rings is 2. The summed E-state index contributed by atoms with van der Waals surface area (Å²) in [6, 6.07) is 14.4. The smallest absolute Gasteiger partial charge is 0.337 e. The summed E-state index contributed by atoms with van der Waals surface area (Å²) in [7, 11) is 1.38. The van der Waals surface area contributed by atoms with Crippen LogP contribution in [0.1, 0.15) is 28.1 Å². The number of halogens is 2. The number of ether oxygens (including phenoxy) is 1. The Labute approximate surface area is 174 Å². The zero-order valence-corrected chi connectivity index (χ0v) is 17.1. The van der Waals surface area contributed by atoms with Crippen LogP contribution in [-0.4, -0.2) is 19.0 Å². The van der Waals surface area contributed by atoms with Crippen molar-refractivity contribution in [2.75, 3.05) is 7.11 Å². The molecular formula is C16H22I2N4O3. The number of hydrogen-bond acceptors (Lipinski definition) is 6. The average Bonchev–Trinajstić information content (AvgIpc) is 2.64. The van der Waals surface area contributed by atoms with Crippen molar-refractivity contribution in [1.29, 1.82) is 0 Å². The van der Waals surface area contributed by atoms with Gasteiger partial charge in [-0.05, 0) is 93.7 Å². The molecule has 1 amide bonds. The Morgan fingerprint density at radius 1 is 0.880 bits per heavy atom. The molecule has 0 aliphatic rings. The van der Waals surface area contributed by atoms with Crippen LogP contribution in [0.5, 0.6) is 0 Å². The summed E-state index contributed by atoms with van der Waals surface area (Å²) in [4.78, 5) is 21.8. The quantitative estimate of drug-likeness (QED) is 0.144. The molecule has 7 N–H and O–H groups in total. The Hall–Kier alpha value is -1.28. The van der Waals surface area contributed by atoms with Gasteiger partial charge in [0, 0.05) is 12.7 Å². The van der Waals surface area contributed by atoms with Gasteiger partial charge in [-0.3, -0.25) is 21.9 Å². The minimum absolute atomic E-state index is 0. The third-order valence-electron chi connectivity index (χ3n) is 2.50. The van der Waals surface area contributed by atoms with E-state index in [4.69, 9.17) is 5.84 Å². The van der Waals surface area contributed by atoms with Gasteiger partial charge < -0.3 is 4.74 Å². The van der Waals surface area contributed by atoms with Crippen LogP contribution in [0.15, 0.2) is 48.5 Å². The molecule has 0 spiro atoms. The number of hydrazine groups is 2. The maximum Gasteiger partial charge on any atom is 0.337 e. The van der Waals surface area contributed by atoms with Crippen molar-refractivity contribution in [3.63, 3.8) is 0 Å². The molecule has 0 saturated carbocycles. The summed E-state index contributed by atoms with van der Waals surface area (Å²) in [6.07, 6.45) is 0. The van der Waals surface area contributed by atoms with Gasteiger partial charge in [0.25, 0.3) is 5.91 Å². The first kappa shape index (κ1) is 26.0. The van der Waals surface area contributed by atoms with Gasteiger partial charge in [-0.15, -0.1) is 0 Å². The van der Waals surface area contributed by atoms with E-state index in [1.807, 2.05) is 24.3 Å². The van der Waals surface area contributed by atoms with Gasteiger partial charge in [0.15, 0.2) is 0 Å². The second kappa shape index (κ2) is 15.0. The number of nitrogens with one attached hydrogen (secondary N) is 1. The molecule has 2 aromatic rings. The van der Waals surface area contributed by atoms with Crippen molar-refractivity contribution < 1.29 is 14.3 Å². The van der Waals surface area contributed by atoms with Gasteiger partial charge >= 0.3 is 5.97 Å². The third kappa shape index (κ3) is 10.3. The minimum Gasteiger partial charge on any atom is -0.465 e. The normalized spacial score (nSPS) is 8.40. The molecule has 7 nitrogen and oxygen atoms in total. The highest BCUT2D eigenvalue weighted by molar-refractivity contribution is 14.1. The van der Waals surface area contributed by atoms with Crippen molar-refractivity contribution in [3.8, 4) is 0 Å². The Bertz CT molecular complexity index is 577. The maximum atomic E-state index is 10.9. The molecule has 25 heavy (non-hydrogen) atoms. The van der Waals surface area contributed by atoms with Crippen LogP contribution in [0.4, 0.5) is 0 Å². The van der Waals surface area contributed by atoms with Crippen molar-refractivity contribution in [3.05, 3.63) is 66.8 Å². The predicted octanol–water partition coefficient (Wildman–Crippen LogP) is 2.43. The molecular weight excluding hydrogens is 550 g/mol. The summed E-state index contributed by atoms with van der Waals surface area (Å²) < 4.78 is 6.74. The first-order chi connectivity index (χ1) is 11.5. The first-order valence-corrected chi connectivity index (χ1v) is 8.57. The number of nitrogen functional groups attached to an aromatic ring is 1. The summed E-state index contributed by atoms with van der Waals surface area (Å²) in [5.41, 5.74) is 3.23. The van der Waals surface area contributed by atoms with Crippen LogP contribution in [0.3, 0.4) is 0 Å². The van der Waals surface area contributed by atoms with Gasteiger partial charge in [0.05, 0.1) is 12.7 Å². The SMILES string of the molecule is C.COC(=O)c1ccc(I)cc1.NN.NNC(=O)c1ccc(I)cc1. The van der Waals surface area contributed by atoms with Crippen molar-refractivity contribution in [2.24, 2.45) is 17.5 Å². The average molecular weight is 572 g/mol. The van der Waals surface area contributed by atoms with Crippen molar-refractivity contribution >= 4 is 57.1 Å². The fourth-order valence-corrected chi connectivity index (χ4v) is 2.11. The van der Waals surface area contributed by atoms with Gasteiger partial charge in [0.2, 0.25) is 0 Å². The van der Waals surface area contributed by atoms with Crippen LogP contribution < -0.4 is 23.0 Å². The van der Waals surface area contributed by atoms with Crippen LogP contribution >= 0.6 is 45.2 Å². The lowest BCUT2D eigenvalue weighted by molar-refractivity contribution is 0.0600. The van der Waals surface area contributed by atoms with Crippen LogP contribution in [0, 0.1) is 7.14 Å². The van der Waals surface area contributed by atoms with Gasteiger partial charge in [-0.2, -0.15) is 0 Å². The van der Waals surface area contributed by atoms with Gasteiger partial charge in [-0.1, -0.05) is 7.43 Å². The number of methoxy groups -OCH3 is 1. The van der Waals surface area contributed by atoms with E-state index in [0.29, 0.717) is 11.1 Å². The first-order valence-electron chi connectivity index (χ1n) is 6.41. The topological polar surface area (TPSA) is 133 Å². The molecule has 0 bridgehead atoms. The number of esters is 1. The van der Waals surface area contributed by atoms with E-state index in [1.54, 1.807) is 24.3 Å². The third-order valence-corrected chi connectivity index (χ3v) is 3.94. The Morgan fingerprint density at radius 3 is 1.56 bits per heavy atom. The predicted molar refractivity (Wildman–Crippen MR) is 116 cm³/mol. The zero-order valence-electron chi connectivity index (χ0n) is 12.8. The molecule has 2 rings (SSSR count). The van der Waals surface area contributed by atoms with Crippen molar-refractivity contribution in [1.82, 2.24) is 5.43 Å². The van der Waals surface area contributed by atoms with E-state index in [1.165, 1.54) is 7.11 Å². The highest BCUT2D eigenvalue weighted by Gasteiger charge is 2.02. The molecule has 0 radical (unpaired) electrons. The lowest BCUT2D eigenvalue weighted by Gasteiger charge is -1.97. The molecule has 0 aliphatic heterocycles. The summed E-state index contributed by atoms with van der Waals surface area (Å²) in [5, 5.41) is 0. The molecule has 0 heterocycles. The largest absolute Gasteiger partial charge is 0.465 e. The summed E-state index contributed by atoms with van der Waals surface area (Å²) in [6.45, 7) is 0. The van der Waals surface area contributed by atoms with Crippen LogP contribution in [-0.2, 0) is 4.74 Å². The van der Waals surface area contributed by atoms with E-state index < -0.39 is 0 Å². The number of hydrogen-bond donors (Lipinski definition) is 4. The lowest BCUT2D eigenvalue weighted by atomic mass is 10.2. The molecule has 0 atom stereocenters. The number of rotatable bonds is 2. The highest BCUT2D eigenvalue weighted by atomic mass is 127. The van der Waals surface area contributed by atoms with Crippen LogP contribution in [0.2, 0.25) is 0 Å². The Morgan fingerprint density at radius 2 is 1.24 bits per heavy atom. The molecule has 0 saturated heterocycles.